The molecule has 0 aromatic heterocycles. The third kappa shape index (κ3) is 9.17. The van der Waals surface area contributed by atoms with E-state index in [1.165, 1.54) is 0 Å². The van der Waals surface area contributed by atoms with E-state index < -0.39 is 23.2 Å². The number of aliphatic hydroxyl groups excluding tert-OH is 1. The number of nitrogens with zero attached hydrogens (tertiary/aromatic N) is 1. The molecule has 1 aliphatic rings. The molecule has 0 aliphatic carbocycles. The predicted octanol–water partition coefficient (Wildman–Crippen LogP) is 6.80. The largest absolute Gasteiger partial charge is 0.494 e. The maximum atomic E-state index is 14.2. The molecule has 0 spiro atoms. The molecule has 1 aliphatic heterocycles. The number of amides is 1. The molecule has 45 heavy (non-hydrogen) atoms. The molecule has 0 radical (unpaired) electrons. The Kier molecular flexibility index (Phi) is 11.8. The molecule has 240 valence electrons. The van der Waals surface area contributed by atoms with Gasteiger partial charge in [0, 0.05) is 31.6 Å². The van der Waals surface area contributed by atoms with Crippen LogP contribution < -0.4 is 10.1 Å². The molecule has 0 fully saturated rings. The van der Waals surface area contributed by atoms with E-state index in [2.05, 4.69) is 12.2 Å². The van der Waals surface area contributed by atoms with Crippen molar-refractivity contribution in [1.82, 2.24) is 5.32 Å². The topological polar surface area (TPSA) is 106 Å². The lowest BCUT2D eigenvalue weighted by atomic mass is 9.83. The van der Waals surface area contributed by atoms with Gasteiger partial charge in [0.25, 0.3) is 5.91 Å². The number of unbranched alkanes of at least 4 members (excludes halogenated alkanes) is 2. The zero-order valence-corrected chi connectivity index (χ0v) is 26.9. The number of nitrogens with one attached hydrogen (secondary N) is 1. The zero-order chi connectivity index (χ0) is 32.3. The quantitative estimate of drug-likeness (QED) is 0.144. The Balaban J connectivity index is 1.71. The molecule has 8 nitrogen and oxygen atoms in total. The Morgan fingerprint density at radius 1 is 0.911 bits per heavy atom. The first kappa shape index (κ1) is 33.7. The highest BCUT2D eigenvalue weighted by Crippen LogP contribution is 2.44. The molecule has 0 bridgehead atoms. The van der Waals surface area contributed by atoms with Crippen LogP contribution in [0, 0.1) is 0 Å². The van der Waals surface area contributed by atoms with Crippen LogP contribution in [-0.2, 0) is 19.1 Å². The number of aliphatic hydroxyl groups is 1. The van der Waals surface area contributed by atoms with Crippen molar-refractivity contribution in [2.24, 2.45) is 4.99 Å². The van der Waals surface area contributed by atoms with Crippen LogP contribution in [0.25, 0.3) is 11.1 Å². The molecule has 1 heterocycles. The summed E-state index contributed by atoms with van der Waals surface area (Å²) in [6.07, 6.45) is 2.74. The number of esters is 1. The van der Waals surface area contributed by atoms with Crippen LogP contribution >= 0.6 is 0 Å². The predicted molar refractivity (Wildman–Crippen MR) is 176 cm³/mol. The van der Waals surface area contributed by atoms with Gasteiger partial charge in [-0.2, -0.15) is 0 Å². The molecular formula is C37H46N2O6. The summed E-state index contributed by atoms with van der Waals surface area (Å²) in [4.78, 5) is 32.1. The highest BCUT2D eigenvalue weighted by Gasteiger charge is 2.53. The average Bonchev–Trinajstić information content (AvgIpc) is 3.43. The van der Waals surface area contributed by atoms with Crippen molar-refractivity contribution >= 4 is 17.8 Å². The summed E-state index contributed by atoms with van der Waals surface area (Å²) in [5.74, 6) is 0.302. The van der Waals surface area contributed by atoms with Gasteiger partial charge in [0.05, 0.1) is 6.61 Å². The smallest absolute Gasteiger partial charge is 0.306 e. The van der Waals surface area contributed by atoms with E-state index in [1.807, 2.05) is 99.6 Å². The number of benzene rings is 3. The molecule has 3 aromatic rings. The van der Waals surface area contributed by atoms with Gasteiger partial charge in [-0.1, -0.05) is 74.4 Å². The van der Waals surface area contributed by atoms with Gasteiger partial charge in [-0.15, -0.1) is 0 Å². The summed E-state index contributed by atoms with van der Waals surface area (Å²) < 4.78 is 17.9. The van der Waals surface area contributed by atoms with E-state index in [0.717, 1.165) is 36.0 Å². The van der Waals surface area contributed by atoms with Crippen molar-refractivity contribution in [1.29, 1.82) is 0 Å². The van der Waals surface area contributed by atoms with Crippen LogP contribution in [0.3, 0.4) is 0 Å². The Morgan fingerprint density at radius 2 is 1.58 bits per heavy atom. The molecule has 4 rings (SSSR count). The number of aliphatic imine (C=N–C) groups is 1. The van der Waals surface area contributed by atoms with Gasteiger partial charge >= 0.3 is 5.97 Å². The van der Waals surface area contributed by atoms with Gasteiger partial charge < -0.3 is 24.6 Å². The number of carbonyl (C=O) groups excluding carboxylic acids is 2. The summed E-state index contributed by atoms with van der Waals surface area (Å²) in [5.41, 5.74) is 1.54. The van der Waals surface area contributed by atoms with Crippen molar-refractivity contribution in [3.05, 3.63) is 90.0 Å². The standard InChI is InChI=1S/C37H46N2O6/c1-5-6-10-24-38-35(42)37(23-22-32(41)45-36(2,3)4)33(29-16-14-28(15-17-29)27-12-8-7-9-13-27)44-34(39-37)30-18-20-31(21-19-30)43-26-11-25-40/h7-9,12-21,33,40H,5-6,10-11,22-26H2,1-4H3,(H,38,42)/t33-,37-/m1/s1. The van der Waals surface area contributed by atoms with E-state index in [4.69, 9.17) is 24.3 Å². The van der Waals surface area contributed by atoms with Gasteiger partial charge in [0.15, 0.2) is 11.6 Å². The molecule has 1 amide bonds. The van der Waals surface area contributed by atoms with E-state index in [9.17, 15) is 9.59 Å². The van der Waals surface area contributed by atoms with Crippen molar-refractivity contribution < 1.29 is 28.9 Å². The van der Waals surface area contributed by atoms with Crippen molar-refractivity contribution in [2.75, 3.05) is 19.8 Å². The van der Waals surface area contributed by atoms with Crippen molar-refractivity contribution in [3.8, 4) is 16.9 Å². The normalized spacial score (nSPS) is 17.7. The molecule has 2 N–H and O–H groups in total. The van der Waals surface area contributed by atoms with Gasteiger partial charge in [-0.3, -0.25) is 9.59 Å². The number of rotatable bonds is 15. The average molecular weight is 615 g/mol. The minimum absolute atomic E-state index is 0.00394. The van der Waals surface area contributed by atoms with Gasteiger partial charge in [-0.05, 0) is 74.6 Å². The fourth-order valence-electron chi connectivity index (χ4n) is 5.27. The van der Waals surface area contributed by atoms with E-state index in [0.29, 0.717) is 36.8 Å². The monoisotopic (exact) mass is 614 g/mol. The lowest BCUT2D eigenvalue weighted by Gasteiger charge is -2.31. The van der Waals surface area contributed by atoms with E-state index in [-0.39, 0.29) is 25.4 Å². The first-order valence-corrected chi connectivity index (χ1v) is 15.9. The molecule has 0 saturated carbocycles. The van der Waals surface area contributed by atoms with Gasteiger partial charge in [-0.25, -0.2) is 4.99 Å². The van der Waals surface area contributed by atoms with Crippen LogP contribution in [0.2, 0.25) is 0 Å². The van der Waals surface area contributed by atoms with Crippen LogP contribution in [0.15, 0.2) is 83.9 Å². The summed E-state index contributed by atoms with van der Waals surface area (Å²) in [6.45, 7) is 8.55. The highest BCUT2D eigenvalue weighted by atomic mass is 16.6. The fourth-order valence-corrected chi connectivity index (χ4v) is 5.27. The Morgan fingerprint density at radius 3 is 2.22 bits per heavy atom. The van der Waals surface area contributed by atoms with Crippen molar-refractivity contribution in [2.45, 2.75) is 83.5 Å². The second-order valence-corrected chi connectivity index (χ2v) is 12.3. The Labute approximate surface area is 266 Å². The Bertz CT molecular complexity index is 1410. The lowest BCUT2D eigenvalue weighted by Crippen LogP contribution is -2.49. The summed E-state index contributed by atoms with van der Waals surface area (Å²) >= 11 is 0. The van der Waals surface area contributed by atoms with Crippen LogP contribution in [-0.4, -0.2) is 53.8 Å². The highest BCUT2D eigenvalue weighted by molar-refractivity contribution is 6.01. The minimum Gasteiger partial charge on any atom is -0.494 e. The van der Waals surface area contributed by atoms with Crippen molar-refractivity contribution in [3.63, 3.8) is 0 Å². The van der Waals surface area contributed by atoms with Crippen LogP contribution in [0.1, 0.15) is 83.5 Å². The number of carbonyl (C=O) groups is 2. The van der Waals surface area contributed by atoms with E-state index in [1.54, 1.807) is 0 Å². The molecule has 8 heteroatoms. The number of hydrogen-bond acceptors (Lipinski definition) is 7. The second kappa shape index (κ2) is 15.7. The minimum atomic E-state index is -1.40. The SMILES string of the molecule is CCCCCNC(=O)[C@]1(CCC(=O)OC(C)(C)C)N=C(c2ccc(OCCCO)cc2)O[C@@H]1c1ccc(-c2ccccc2)cc1. The second-order valence-electron chi connectivity index (χ2n) is 12.3. The zero-order valence-electron chi connectivity index (χ0n) is 26.9. The Hall–Kier alpha value is -4.17. The number of hydrogen-bond donors (Lipinski definition) is 2. The molecular weight excluding hydrogens is 568 g/mol. The maximum absolute atomic E-state index is 14.2. The first-order chi connectivity index (χ1) is 21.6. The molecule has 0 saturated heterocycles. The molecule has 0 unspecified atom stereocenters. The van der Waals surface area contributed by atoms with Gasteiger partial charge in [0.2, 0.25) is 5.90 Å². The van der Waals surface area contributed by atoms with Crippen LogP contribution in [0.4, 0.5) is 0 Å². The van der Waals surface area contributed by atoms with E-state index >= 15 is 0 Å². The third-order valence-electron chi connectivity index (χ3n) is 7.55. The summed E-state index contributed by atoms with van der Waals surface area (Å²) in [6, 6.07) is 25.3. The summed E-state index contributed by atoms with van der Waals surface area (Å²) in [5, 5.41) is 12.2. The number of ether oxygens (including phenoxy) is 3. The van der Waals surface area contributed by atoms with Gasteiger partial charge in [0.1, 0.15) is 11.4 Å². The van der Waals surface area contributed by atoms with Crippen LogP contribution in [0.5, 0.6) is 5.75 Å². The lowest BCUT2D eigenvalue weighted by molar-refractivity contribution is -0.155. The summed E-state index contributed by atoms with van der Waals surface area (Å²) in [7, 11) is 0. The molecule has 3 aromatic carbocycles. The third-order valence-corrected chi connectivity index (χ3v) is 7.55. The molecule has 2 atom stereocenters. The first-order valence-electron chi connectivity index (χ1n) is 15.9. The fraction of sp³-hybridized carbons (Fsp3) is 0.432. The maximum Gasteiger partial charge on any atom is 0.306 e.